The number of methoxy groups -OCH3 is 1. The van der Waals surface area contributed by atoms with Crippen molar-refractivity contribution < 1.29 is 14.3 Å². The Hall–Kier alpha value is -3.15. The summed E-state index contributed by atoms with van der Waals surface area (Å²) in [7, 11) is 1.54. The van der Waals surface area contributed by atoms with Crippen LogP contribution in [0, 0.1) is 6.92 Å². The lowest BCUT2D eigenvalue weighted by Crippen LogP contribution is -2.34. The maximum Gasteiger partial charge on any atom is 0.255 e. The van der Waals surface area contributed by atoms with Crippen molar-refractivity contribution in [2.45, 2.75) is 20.3 Å². The highest BCUT2D eigenvalue weighted by Gasteiger charge is 2.32. The van der Waals surface area contributed by atoms with E-state index in [9.17, 15) is 9.59 Å². The fraction of sp³-hybridized carbons (Fsp3) is 0.211. The number of hydrogen-bond acceptors (Lipinski definition) is 4. The van der Waals surface area contributed by atoms with E-state index in [0.717, 1.165) is 5.56 Å². The van der Waals surface area contributed by atoms with Crippen LogP contribution in [0.15, 0.2) is 53.6 Å². The van der Waals surface area contributed by atoms with Crippen LogP contribution in [0.3, 0.4) is 0 Å². The van der Waals surface area contributed by atoms with Gasteiger partial charge in [-0.2, -0.15) is 10.1 Å². The first-order valence-corrected chi connectivity index (χ1v) is 7.92. The van der Waals surface area contributed by atoms with E-state index >= 15 is 0 Å². The molecular weight excluding hydrogens is 318 g/mol. The molecule has 0 aliphatic carbocycles. The molecule has 0 N–H and O–H groups in total. The second-order valence-electron chi connectivity index (χ2n) is 5.76. The molecule has 3 rings (SSSR count). The summed E-state index contributed by atoms with van der Waals surface area (Å²) >= 11 is 0. The highest BCUT2D eigenvalue weighted by atomic mass is 16.5. The zero-order valence-electron chi connectivity index (χ0n) is 14.4. The van der Waals surface area contributed by atoms with E-state index < -0.39 is 0 Å². The number of hydrazone groups is 1. The Kier molecular flexibility index (Phi) is 4.52. The zero-order valence-corrected chi connectivity index (χ0v) is 14.4. The summed E-state index contributed by atoms with van der Waals surface area (Å²) in [6.45, 7) is 3.41. The Morgan fingerprint density at radius 1 is 1.16 bits per heavy atom. The van der Waals surface area contributed by atoms with E-state index in [4.69, 9.17) is 4.74 Å². The van der Waals surface area contributed by atoms with E-state index in [0.29, 0.717) is 23.0 Å². The van der Waals surface area contributed by atoms with Crippen LogP contribution in [0.5, 0.6) is 5.75 Å². The van der Waals surface area contributed by atoms with E-state index in [1.54, 1.807) is 12.1 Å². The van der Waals surface area contributed by atoms with Crippen LogP contribution in [-0.2, 0) is 9.59 Å². The third-order valence-electron chi connectivity index (χ3n) is 3.94. The van der Waals surface area contributed by atoms with Crippen molar-refractivity contribution in [2.75, 3.05) is 17.0 Å². The number of carbonyl (C=O) groups is 2. The molecule has 6 nitrogen and oxygen atoms in total. The van der Waals surface area contributed by atoms with Crippen molar-refractivity contribution in [3.8, 4) is 5.75 Å². The highest BCUT2D eigenvalue weighted by Crippen LogP contribution is 2.31. The van der Waals surface area contributed by atoms with Crippen LogP contribution in [0.4, 0.5) is 11.4 Å². The normalized spacial score (nSPS) is 13.6. The molecule has 0 atom stereocenters. The number of amides is 2. The molecule has 0 fully saturated rings. The van der Waals surface area contributed by atoms with Crippen LogP contribution in [0.1, 0.15) is 18.9 Å². The molecule has 25 heavy (non-hydrogen) atoms. The lowest BCUT2D eigenvalue weighted by Gasteiger charge is -2.22. The minimum atomic E-state index is -0.234. The van der Waals surface area contributed by atoms with Crippen molar-refractivity contribution in [1.29, 1.82) is 0 Å². The lowest BCUT2D eigenvalue weighted by atomic mass is 10.2. The molecule has 2 aromatic rings. The standard InChI is InChI=1S/C19H19N3O3/c1-13-8-10-15(11-9-13)22-19(24)12-18(20-22)21(14(2)23)16-6-4-5-7-17(16)25-3/h4-11H,12H2,1-3H3. The Balaban J connectivity index is 2.00. The van der Waals surface area contributed by atoms with E-state index in [1.165, 1.54) is 23.9 Å². The Bertz CT molecular complexity index is 843. The van der Waals surface area contributed by atoms with Crippen LogP contribution >= 0.6 is 0 Å². The van der Waals surface area contributed by atoms with Crippen molar-refractivity contribution in [3.63, 3.8) is 0 Å². The minimum absolute atomic E-state index is 0.0471. The van der Waals surface area contributed by atoms with Gasteiger partial charge in [-0.15, -0.1) is 0 Å². The molecule has 1 heterocycles. The molecule has 2 amide bonds. The number of para-hydroxylation sites is 2. The number of ether oxygens (including phenoxy) is 1. The number of aryl methyl sites for hydroxylation is 1. The summed E-state index contributed by atoms with van der Waals surface area (Å²) in [6, 6.07) is 14.7. The van der Waals surface area contributed by atoms with Crippen LogP contribution in [-0.4, -0.2) is 24.8 Å². The molecule has 0 radical (unpaired) electrons. The molecule has 0 unspecified atom stereocenters. The molecular formula is C19H19N3O3. The molecule has 0 bridgehead atoms. The number of nitrogens with zero attached hydrogens (tertiary/aromatic N) is 3. The summed E-state index contributed by atoms with van der Waals surface area (Å²) in [5.74, 6) is 0.506. The van der Waals surface area contributed by atoms with Crippen molar-refractivity contribution in [1.82, 2.24) is 0 Å². The smallest absolute Gasteiger partial charge is 0.255 e. The van der Waals surface area contributed by atoms with Gasteiger partial charge in [0, 0.05) is 6.92 Å². The quantitative estimate of drug-likeness (QED) is 0.864. The van der Waals surface area contributed by atoms with Crippen molar-refractivity contribution in [2.24, 2.45) is 5.10 Å². The van der Waals surface area contributed by atoms with Gasteiger partial charge in [0.1, 0.15) is 11.6 Å². The second-order valence-corrected chi connectivity index (χ2v) is 5.76. The van der Waals surface area contributed by atoms with Gasteiger partial charge in [0.2, 0.25) is 5.91 Å². The van der Waals surface area contributed by atoms with Gasteiger partial charge in [0.15, 0.2) is 0 Å². The molecule has 0 saturated carbocycles. The molecule has 1 aliphatic heterocycles. The first-order chi connectivity index (χ1) is 12.0. The van der Waals surface area contributed by atoms with Gasteiger partial charge in [-0.3, -0.25) is 14.5 Å². The third-order valence-corrected chi connectivity index (χ3v) is 3.94. The first-order valence-electron chi connectivity index (χ1n) is 7.92. The number of carbonyl (C=O) groups excluding carboxylic acids is 2. The molecule has 2 aromatic carbocycles. The topological polar surface area (TPSA) is 62.2 Å². The van der Waals surface area contributed by atoms with Crippen LogP contribution < -0.4 is 14.6 Å². The molecule has 0 saturated heterocycles. The van der Waals surface area contributed by atoms with E-state index in [1.807, 2.05) is 43.3 Å². The average molecular weight is 337 g/mol. The summed E-state index contributed by atoms with van der Waals surface area (Å²) in [5.41, 5.74) is 2.34. The second kappa shape index (κ2) is 6.76. The van der Waals surface area contributed by atoms with Gasteiger partial charge in [0.05, 0.1) is 24.9 Å². The average Bonchev–Trinajstić information content (AvgIpc) is 2.97. The van der Waals surface area contributed by atoms with Gasteiger partial charge in [-0.1, -0.05) is 29.8 Å². The minimum Gasteiger partial charge on any atom is -0.495 e. The van der Waals surface area contributed by atoms with Gasteiger partial charge in [0.25, 0.3) is 5.91 Å². The Morgan fingerprint density at radius 3 is 2.48 bits per heavy atom. The fourth-order valence-electron chi connectivity index (χ4n) is 2.73. The molecule has 128 valence electrons. The summed E-state index contributed by atoms with van der Waals surface area (Å²) in [4.78, 5) is 26.1. The maximum absolute atomic E-state index is 12.4. The van der Waals surface area contributed by atoms with E-state index in [-0.39, 0.29) is 18.2 Å². The fourth-order valence-corrected chi connectivity index (χ4v) is 2.73. The Morgan fingerprint density at radius 2 is 1.84 bits per heavy atom. The van der Waals surface area contributed by atoms with E-state index in [2.05, 4.69) is 5.10 Å². The number of hydrogen-bond donors (Lipinski definition) is 0. The molecule has 1 aliphatic rings. The van der Waals surface area contributed by atoms with Gasteiger partial charge < -0.3 is 4.74 Å². The number of amidine groups is 1. The first kappa shape index (κ1) is 16.7. The van der Waals surface area contributed by atoms with Crippen molar-refractivity contribution in [3.05, 3.63) is 54.1 Å². The summed E-state index contributed by atoms with van der Waals surface area (Å²) in [6.07, 6.45) is 0.0471. The largest absolute Gasteiger partial charge is 0.495 e. The monoisotopic (exact) mass is 337 g/mol. The number of benzene rings is 2. The SMILES string of the molecule is COc1ccccc1N(C(C)=O)C1=NN(c2ccc(C)cc2)C(=O)C1. The van der Waals surface area contributed by atoms with Gasteiger partial charge in [-0.25, -0.2) is 0 Å². The molecule has 6 heteroatoms. The van der Waals surface area contributed by atoms with Crippen LogP contribution in [0.25, 0.3) is 0 Å². The Labute approximate surface area is 146 Å². The van der Waals surface area contributed by atoms with Gasteiger partial charge in [-0.05, 0) is 31.2 Å². The zero-order chi connectivity index (χ0) is 18.0. The molecule has 0 spiro atoms. The molecule has 0 aromatic heterocycles. The maximum atomic E-state index is 12.4. The highest BCUT2D eigenvalue weighted by molar-refractivity contribution is 6.25. The third kappa shape index (κ3) is 3.24. The summed E-state index contributed by atoms with van der Waals surface area (Å²) < 4.78 is 5.34. The van der Waals surface area contributed by atoms with Crippen molar-refractivity contribution >= 4 is 29.0 Å². The lowest BCUT2D eigenvalue weighted by molar-refractivity contribution is -0.116. The van der Waals surface area contributed by atoms with Crippen LogP contribution in [0.2, 0.25) is 0 Å². The van der Waals surface area contributed by atoms with Gasteiger partial charge >= 0.3 is 0 Å². The summed E-state index contributed by atoms with van der Waals surface area (Å²) in [5, 5.41) is 5.73. The number of anilines is 2. The predicted molar refractivity (Wildman–Crippen MR) is 96.9 cm³/mol. The predicted octanol–water partition coefficient (Wildman–Crippen LogP) is 3.11. The number of rotatable bonds is 3.